The summed E-state index contributed by atoms with van der Waals surface area (Å²) >= 11 is 2.82. The van der Waals surface area contributed by atoms with Crippen LogP contribution in [-0.4, -0.2) is 34.4 Å². The number of hydrogen-bond acceptors (Lipinski definition) is 6. The number of nitrogens with zero attached hydrogens (tertiary/aromatic N) is 2. The summed E-state index contributed by atoms with van der Waals surface area (Å²) in [5.74, 6) is 0.774. The maximum Gasteiger partial charge on any atom is 0.267 e. The Morgan fingerprint density at radius 2 is 2.13 bits per heavy atom. The molecule has 0 radical (unpaired) electrons. The van der Waals surface area contributed by atoms with Crippen molar-refractivity contribution in [3.8, 4) is 11.4 Å². The van der Waals surface area contributed by atoms with Gasteiger partial charge >= 0.3 is 0 Å². The Bertz CT molecular complexity index is 1120. The average Bonchev–Trinajstić information content (AvgIpc) is 3.07. The Morgan fingerprint density at radius 1 is 1.37 bits per heavy atom. The number of amides is 1. The number of rotatable bonds is 8. The number of carbonyl (C=O) groups is 1. The molecule has 1 amide bonds. The van der Waals surface area contributed by atoms with Crippen LogP contribution in [0.1, 0.15) is 37.6 Å². The zero-order valence-electron chi connectivity index (χ0n) is 17.9. The molecule has 1 atom stereocenters. The fourth-order valence-corrected chi connectivity index (χ4v) is 5.15. The van der Waals surface area contributed by atoms with Crippen LogP contribution in [-0.2, 0) is 11.2 Å². The van der Waals surface area contributed by atoms with Crippen molar-refractivity contribution in [1.82, 2.24) is 14.9 Å². The van der Waals surface area contributed by atoms with Gasteiger partial charge in [0, 0.05) is 17.0 Å². The van der Waals surface area contributed by atoms with E-state index in [0.29, 0.717) is 22.0 Å². The van der Waals surface area contributed by atoms with Crippen molar-refractivity contribution in [3.05, 3.63) is 45.1 Å². The Hall–Kier alpha value is -2.32. The van der Waals surface area contributed by atoms with Crippen molar-refractivity contribution < 1.29 is 9.53 Å². The molecule has 3 aromatic rings. The summed E-state index contributed by atoms with van der Waals surface area (Å²) in [6, 6.07) is 7.44. The zero-order chi connectivity index (χ0) is 21.8. The molecule has 1 aromatic carbocycles. The lowest BCUT2D eigenvalue weighted by Crippen LogP contribution is -2.33. The highest BCUT2D eigenvalue weighted by Gasteiger charge is 2.20. The molecule has 0 aliphatic heterocycles. The average molecular weight is 446 g/mol. The van der Waals surface area contributed by atoms with Crippen LogP contribution in [0.25, 0.3) is 15.9 Å². The van der Waals surface area contributed by atoms with Gasteiger partial charge in [-0.15, -0.1) is 11.3 Å². The van der Waals surface area contributed by atoms with Gasteiger partial charge in [-0.2, -0.15) is 0 Å². The van der Waals surface area contributed by atoms with Gasteiger partial charge in [0.25, 0.3) is 5.56 Å². The molecule has 0 unspecified atom stereocenters. The number of aryl methyl sites for hydroxylation is 2. The van der Waals surface area contributed by atoms with Crippen LogP contribution in [0.3, 0.4) is 0 Å². The van der Waals surface area contributed by atoms with E-state index in [1.54, 1.807) is 29.1 Å². The summed E-state index contributed by atoms with van der Waals surface area (Å²) < 4.78 is 6.93. The van der Waals surface area contributed by atoms with Crippen LogP contribution in [0.15, 0.2) is 34.2 Å². The van der Waals surface area contributed by atoms with Gasteiger partial charge in [0.15, 0.2) is 5.16 Å². The number of methoxy groups -OCH3 is 1. The predicted octanol–water partition coefficient (Wildman–Crippen LogP) is 4.33. The SMILES string of the molecule is CCc1sc2nc(SCC(=O)N[C@H](C)CC)n(-c3cccc(OC)c3)c(=O)c2c1C. The fourth-order valence-electron chi connectivity index (χ4n) is 3.17. The third-order valence-electron chi connectivity index (χ3n) is 5.02. The number of fused-ring (bicyclic) bond motifs is 1. The molecule has 6 nitrogen and oxygen atoms in total. The van der Waals surface area contributed by atoms with Crippen molar-refractivity contribution >= 4 is 39.2 Å². The molecule has 0 saturated carbocycles. The number of hydrogen-bond donors (Lipinski definition) is 1. The first-order valence-corrected chi connectivity index (χ1v) is 11.8. The number of nitrogens with one attached hydrogen (secondary N) is 1. The summed E-state index contributed by atoms with van der Waals surface area (Å²) in [6.45, 7) is 8.05. The molecule has 0 aliphatic rings. The minimum absolute atomic E-state index is 0.0718. The van der Waals surface area contributed by atoms with Crippen molar-refractivity contribution in [3.63, 3.8) is 0 Å². The monoisotopic (exact) mass is 445 g/mol. The van der Waals surface area contributed by atoms with Gasteiger partial charge in [0.1, 0.15) is 10.6 Å². The van der Waals surface area contributed by atoms with E-state index in [1.165, 1.54) is 11.8 Å². The van der Waals surface area contributed by atoms with E-state index >= 15 is 0 Å². The number of carbonyl (C=O) groups excluding carboxylic acids is 1. The molecule has 0 spiro atoms. The number of thioether (sulfide) groups is 1. The maximum absolute atomic E-state index is 13.5. The van der Waals surface area contributed by atoms with Gasteiger partial charge in [-0.1, -0.05) is 31.7 Å². The Labute approximate surface area is 184 Å². The first kappa shape index (κ1) is 22.4. The highest BCUT2D eigenvalue weighted by atomic mass is 32.2. The van der Waals surface area contributed by atoms with Crippen LogP contribution in [0.5, 0.6) is 5.75 Å². The summed E-state index contributed by atoms with van der Waals surface area (Å²) in [4.78, 5) is 32.5. The van der Waals surface area contributed by atoms with E-state index < -0.39 is 0 Å². The molecule has 160 valence electrons. The smallest absolute Gasteiger partial charge is 0.267 e. The van der Waals surface area contributed by atoms with Crippen molar-refractivity contribution in [2.45, 2.75) is 51.7 Å². The zero-order valence-corrected chi connectivity index (χ0v) is 19.6. The van der Waals surface area contributed by atoms with Gasteiger partial charge in [-0.25, -0.2) is 4.98 Å². The lowest BCUT2D eigenvalue weighted by molar-refractivity contribution is -0.119. The minimum atomic E-state index is -0.119. The molecule has 3 rings (SSSR count). The summed E-state index contributed by atoms with van der Waals surface area (Å²) in [5.41, 5.74) is 1.53. The number of thiophene rings is 1. The topological polar surface area (TPSA) is 73.2 Å². The third kappa shape index (κ3) is 4.54. The van der Waals surface area contributed by atoms with E-state index in [0.717, 1.165) is 28.1 Å². The number of benzene rings is 1. The summed E-state index contributed by atoms with van der Waals surface area (Å²) in [7, 11) is 1.59. The molecule has 0 fully saturated rings. The first-order valence-electron chi connectivity index (χ1n) is 10.0. The first-order chi connectivity index (χ1) is 14.4. The molecule has 8 heteroatoms. The highest BCUT2D eigenvalue weighted by molar-refractivity contribution is 7.99. The second kappa shape index (κ2) is 9.66. The standard InChI is InChI=1S/C22H27N3O3S2/c1-6-13(3)23-18(26)12-29-22-24-20-19(14(4)17(7-2)30-20)21(27)25(22)15-9-8-10-16(11-15)28-5/h8-11,13H,6-7,12H2,1-5H3,(H,23,26)/t13-/m1/s1. The molecular weight excluding hydrogens is 418 g/mol. The second-order valence-corrected chi connectivity index (χ2v) is 9.11. The quantitative estimate of drug-likeness (QED) is 0.413. The predicted molar refractivity (Wildman–Crippen MR) is 125 cm³/mol. The fraction of sp³-hybridized carbons (Fsp3) is 0.409. The molecule has 0 aliphatic carbocycles. The molecule has 1 N–H and O–H groups in total. The van der Waals surface area contributed by atoms with Gasteiger partial charge in [-0.05, 0) is 44.4 Å². The Morgan fingerprint density at radius 3 is 2.80 bits per heavy atom. The Kier molecular flexibility index (Phi) is 7.20. The molecule has 30 heavy (non-hydrogen) atoms. The summed E-state index contributed by atoms with van der Waals surface area (Å²) in [6.07, 6.45) is 1.72. The van der Waals surface area contributed by atoms with Crippen molar-refractivity contribution in [1.29, 1.82) is 0 Å². The lowest BCUT2D eigenvalue weighted by Gasteiger charge is -2.14. The van der Waals surface area contributed by atoms with Crippen LogP contribution in [0, 0.1) is 6.92 Å². The minimum Gasteiger partial charge on any atom is -0.497 e. The van der Waals surface area contributed by atoms with E-state index in [-0.39, 0.29) is 23.3 Å². The van der Waals surface area contributed by atoms with E-state index in [1.807, 2.05) is 39.0 Å². The van der Waals surface area contributed by atoms with E-state index in [4.69, 9.17) is 9.72 Å². The number of ether oxygens (including phenoxy) is 1. The highest BCUT2D eigenvalue weighted by Crippen LogP contribution is 2.31. The molecule has 2 aromatic heterocycles. The van der Waals surface area contributed by atoms with E-state index in [9.17, 15) is 9.59 Å². The van der Waals surface area contributed by atoms with Gasteiger partial charge in [-0.3, -0.25) is 14.2 Å². The Balaban J connectivity index is 2.11. The van der Waals surface area contributed by atoms with Gasteiger partial charge in [0.05, 0.1) is 23.9 Å². The molecule has 0 bridgehead atoms. The lowest BCUT2D eigenvalue weighted by atomic mass is 10.2. The third-order valence-corrected chi connectivity index (χ3v) is 7.29. The normalized spacial score (nSPS) is 12.2. The molecular formula is C22H27N3O3S2. The largest absolute Gasteiger partial charge is 0.497 e. The van der Waals surface area contributed by atoms with Crippen LogP contribution in [0.2, 0.25) is 0 Å². The van der Waals surface area contributed by atoms with Crippen molar-refractivity contribution in [2.24, 2.45) is 0 Å². The van der Waals surface area contributed by atoms with Crippen molar-refractivity contribution in [2.75, 3.05) is 12.9 Å². The van der Waals surface area contributed by atoms with Gasteiger partial charge < -0.3 is 10.1 Å². The summed E-state index contributed by atoms with van der Waals surface area (Å²) in [5, 5.41) is 4.11. The number of aromatic nitrogens is 2. The van der Waals surface area contributed by atoms with Crippen LogP contribution < -0.4 is 15.6 Å². The van der Waals surface area contributed by atoms with Crippen LogP contribution in [0.4, 0.5) is 0 Å². The van der Waals surface area contributed by atoms with Crippen LogP contribution >= 0.6 is 23.1 Å². The van der Waals surface area contributed by atoms with Gasteiger partial charge in [0.2, 0.25) is 5.91 Å². The molecule has 2 heterocycles. The molecule has 0 saturated heterocycles. The van der Waals surface area contributed by atoms with E-state index in [2.05, 4.69) is 12.2 Å². The maximum atomic E-state index is 13.5. The second-order valence-electron chi connectivity index (χ2n) is 7.09.